The predicted octanol–water partition coefficient (Wildman–Crippen LogP) is 4.15. The summed E-state index contributed by atoms with van der Waals surface area (Å²) >= 11 is 1.51. The lowest BCUT2D eigenvalue weighted by atomic mass is 10.0. The number of carbonyl (C=O) groups excluding carboxylic acids is 1. The molecule has 0 radical (unpaired) electrons. The van der Waals surface area contributed by atoms with E-state index in [1.54, 1.807) is 0 Å². The Hall–Kier alpha value is -2.25. The molecule has 1 N–H and O–H groups in total. The van der Waals surface area contributed by atoms with Crippen molar-refractivity contribution in [1.29, 1.82) is 0 Å². The van der Waals surface area contributed by atoms with Gasteiger partial charge in [-0.1, -0.05) is 12.1 Å². The molecule has 0 aliphatic carbocycles. The van der Waals surface area contributed by atoms with Crippen molar-refractivity contribution >= 4 is 43.9 Å². The molecule has 1 aliphatic heterocycles. The van der Waals surface area contributed by atoms with Crippen LogP contribution in [0.3, 0.4) is 0 Å². The van der Waals surface area contributed by atoms with Crippen LogP contribution in [0.1, 0.15) is 24.8 Å². The number of carbonyl (C=O) groups is 1. The summed E-state index contributed by atoms with van der Waals surface area (Å²) in [7, 11) is -1.06. The second-order valence-electron chi connectivity index (χ2n) is 6.42. The molecule has 27 heavy (non-hydrogen) atoms. The zero-order valence-corrected chi connectivity index (χ0v) is 16.4. The van der Waals surface area contributed by atoms with Crippen LogP contribution in [-0.4, -0.2) is 27.5 Å². The van der Waals surface area contributed by atoms with Crippen LogP contribution in [0.25, 0.3) is 10.2 Å². The molecule has 5 nitrogen and oxygen atoms in total. The van der Waals surface area contributed by atoms with Gasteiger partial charge in [-0.05, 0) is 55.2 Å². The summed E-state index contributed by atoms with van der Waals surface area (Å²) in [4.78, 5) is 15.9. The Morgan fingerprint density at radius 2 is 2.04 bits per heavy atom. The standard InChI is InChI=1S/C20H20N2O3S2/c23-19-10-7-14-13-15(8-9-16(14)21-19)25-11-3-4-12-27(24)20-22-17-5-1-2-6-18(17)26-20/h1-2,5-6,8-9,13H,3-4,7,10-12H2,(H,21,23). The smallest absolute Gasteiger partial charge is 0.224 e. The molecule has 3 aromatic rings. The number of aromatic nitrogens is 1. The Morgan fingerprint density at radius 1 is 1.15 bits per heavy atom. The third kappa shape index (κ3) is 4.36. The van der Waals surface area contributed by atoms with Crippen LogP contribution in [-0.2, 0) is 22.0 Å². The first-order valence-electron chi connectivity index (χ1n) is 8.98. The number of amides is 1. The number of rotatable bonds is 7. The Balaban J connectivity index is 1.23. The van der Waals surface area contributed by atoms with Crippen molar-refractivity contribution in [3.05, 3.63) is 48.0 Å². The molecule has 0 bridgehead atoms. The quantitative estimate of drug-likeness (QED) is 0.605. The third-order valence-corrected chi connectivity index (χ3v) is 7.21. The lowest BCUT2D eigenvalue weighted by Crippen LogP contribution is -2.18. The van der Waals surface area contributed by atoms with Crippen LogP contribution in [0, 0.1) is 0 Å². The Labute approximate surface area is 164 Å². The van der Waals surface area contributed by atoms with E-state index in [-0.39, 0.29) is 5.91 Å². The number of nitrogens with zero attached hydrogens (tertiary/aromatic N) is 1. The highest BCUT2D eigenvalue weighted by molar-refractivity contribution is 7.87. The summed E-state index contributed by atoms with van der Waals surface area (Å²) in [5.41, 5.74) is 2.91. The van der Waals surface area contributed by atoms with Gasteiger partial charge in [-0.3, -0.25) is 9.00 Å². The van der Waals surface area contributed by atoms with Crippen LogP contribution in [0.15, 0.2) is 46.8 Å². The van der Waals surface area contributed by atoms with E-state index >= 15 is 0 Å². The van der Waals surface area contributed by atoms with E-state index in [4.69, 9.17) is 4.74 Å². The Morgan fingerprint density at radius 3 is 2.93 bits per heavy atom. The van der Waals surface area contributed by atoms with Gasteiger partial charge in [0.1, 0.15) is 5.75 Å². The number of ether oxygens (including phenoxy) is 1. The fraction of sp³-hybridized carbons (Fsp3) is 0.300. The minimum absolute atomic E-state index is 0.0669. The first-order valence-corrected chi connectivity index (χ1v) is 11.1. The maximum Gasteiger partial charge on any atom is 0.224 e. The van der Waals surface area contributed by atoms with Crippen molar-refractivity contribution in [3.8, 4) is 5.75 Å². The monoisotopic (exact) mass is 400 g/mol. The summed E-state index contributed by atoms with van der Waals surface area (Å²) in [6.07, 6.45) is 2.93. The molecule has 1 amide bonds. The van der Waals surface area contributed by atoms with E-state index in [1.807, 2.05) is 42.5 Å². The minimum atomic E-state index is -1.06. The number of nitrogens with one attached hydrogen (secondary N) is 1. The highest BCUT2D eigenvalue weighted by Gasteiger charge is 2.15. The zero-order chi connectivity index (χ0) is 18.6. The fourth-order valence-corrected chi connectivity index (χ4v) is 5.44. The number of hydrogen-bond acceptors (Lipinski definition) is 5. The van der Waals surface area contributed by atoms with Crippen LogP contribution in [0.5, 0.6) is 5.75 Å². The molecule has 1 aliphatic rings. The first kappa shape index (κ1) is 18.1. The third-order valence-electron chi connectivity index (χ3n) is 4.43. The second kappa shape index (κ2) is 8.19. The zero-order valence-electron chi connectivity index (χ0n) is 14.8. The molecule has 140 valence electrons. The van der Waals surface area contributed by atoms with Gasteiger partial charge in [0.2, 0.25) is 5.91 Å². The number of benzene rings is 2. The molecule has 1 unspecified atom stereocenters. The molecular formula is C20H20N2O3S2. The summed E-state index contributed by atoms with van der Waals surface area (Å²) in [6.45, 7) is 0.586. The number of unbranched alkanes of at least 4 members (excludes halogenated alkanes) is 1. The molecule has 0 saturated heterocycles. The molecule has 2 aromatic carbocycles. The number of aryl methyl sites for hydroxylation is 1. The molecule has 0 fully saturated rings. The van der Waals surface area contributed by atoms with E-state index in [0.717, 1.165) is 46.5 Å². The summed E-state index contributed by atoms with van der Waals surface area (Å²) in [6, 6.07) is 13.6. The van der Waals surface area contributed by atoms with Gasteiger partial charge in [0.15, 0.2) is 4.34 Å². The van der Waals surface area contributed by atoms with Gasteiger partial charge < -0.3 is 10.1 Å². The van der Waals surface area contributed by atoms with E-state index < -0.39 is 10.8 Å². The average molecular weight is 401 g/mol. The minimum Gasteiger partial charge on any atom is -0.494 e. The van der Waals surface area contributed by atoms with Gasteiger partial charge in [-0.2, -0.15) is 0 Å². The van der Waals surface area contributed by atoms with Gasteiger partial charge in [-0.25, -0.2) is 4.98 Å². The van der Waals surface area contributed by atoms with Crippen LogP contribution in [0.2, 0.25) is 0 Å². The largest absolute Gasteiger partial charge is 0.494 e. The van der Waals surface area contributed by atoms with Gasteiger partial charge >= 0.3 is 0 Å². The van der Waals surface area contributed by atoms with E-state index in [0.29, 0.717) is 23.1 Å². The Kier molecular flexibility index (Phi) is 5.50. The van der Waals surface area contributed by atoms with Crippen molar-refractivity contribution in [2.75, 3.05) is 17.7 Å². The summed E-state index contributed by atoms with van der Waals surface area (Å²) < 4.78 is 20.0. The lowest BCUT2D eigenvalue weighted by molar-refractivity contribution is -0.116. The van der Waals surface area contributed by atoms with Crippen molar-refractivity contribution in [3.63, 3.8) is 0 Å². The molecule has 7 heteroatoms. The molecule has 0 saturated carbocycles. The van der Waals surface area contributed by atoms with Gasteiger partial charge in [0.25, 0.3) is 0 Å². The first-order chi connectivity index (χ1) is 13.2. The van der Waals surface area contributed by atoms with Crippen LogP contribution in [0.4, 0.5) is 5.69 Å². The fourth-order valence-electron chi connectivity index (χ4n) is 3.01. The van der Waals surface area contributed by atoms with E-state index in [9.17, 15) is 9.00 Å². The maximum atomic E-state index is 12.4. The average Bonchev–Trinajstić information content (AvgIpc) is 3.12. The van der Waals surface area contributed by atoms with Gasteiger partial charge in [0, 0.05) is 17.9 Å². The molecule has 2 heterocycles. The number of hydrogen-bond donors (Lipinski definition) is 1. The highest BCUT2D eigenvalue weighted by atomic mass is 32.2. The van der Waals surface area contributed by atoms with E-state index in [2.05, 4.69) is 10.3 Å². The number of para-hydroxylation sites is 1. The predicted molar refractivity (Wildman–Crippen MR) is 109 cm³/mol. The number of fused-ring (bicyclic) bond motifs is 2. The SMILES string of the molecule is O=C1CCc2cc(OCCCCS(=O)c3nc4ccccc4s3)ccc2N1. The van der Waals surface area contributed by atoms with Crippen molar-refractivity contribution in [2.45, 2.75) is 30.0 Å². The number of anilines is 1. The normalized spacial score (nSPS) is 14.6. The molecule has 4 rings (SSSR count). The molecule has 0 spiro atoms. The van der Waals surface area contributed by atoms with Crippen molar-refractivity contribution < 1.29 is 13.7 Å². The summed E-state index contributed by atoms with van der Waals surface area (Å²) in [5.74, 6) is 1.48. The topological polar surface area (TPSA) is 68.3 Å². The van der Waals surface area contributed by atoms with Gasteiger partial charge in [-0.15, -0.1) is 11.3 Å². The lowest BCUT2D eigenvalue weighted by Gasteiger charge is -2.17. The molecule has 1 atom stereocenters. The maximum absolute atomic E-state index is 12.4. The molecular weight excluding hydrogens is 380 g/mol. The van der Waals surface area contributed by atoms with Crippen LogP contribution >= 0.6 is 11.3 Å². The Bertz CT molecular complexity index is 967. The molecule has 1 aromatic heterocycles. The second-order valence-corrected chi connectivity index (χ2v) is 9.19. The summed E-state index contributed by atoms with van der Waals surface area (Å²) in [5, 5.41) is 2.87. The highest BCUT2D eigenvalue weighted by Crippen LogP contribution is 2.27. The van der Waals surface area contributed by atoms with Gasteiger partial charge in [0.05, 0.1) is 27.6 Å². The number of thiazole rings is 1. The van der Waals surface area contributed by atoms with Crippen LogP contribution < -0.4 is 10.1 Å². The van der Waals surface area contributed by atoms with Crippen molar-refractivity contribution in [2.24, 2.45) is 0 Å². The van der Waals surface area contributed by atoms with Crippen molar-refractivity contribution in [1.82, 2.24) is 4.98 Å². The van der Waals surface area contributed by atoms with E-state index in [1.165, 1.54) is 11.3 Å².